The van der Waals surface area contributed by atoms with Crippen LogP contribution in [0.25, 0.3) is 0 Å². The van der Waals surface area contributed by atoms with Gasteiger partial charge in [-0.2, -0.15) is 0 Å². The Morgan fingerprint density at radius 1 is 1.16 bits per heavy atom. The molecule has 1 aliphatic rings. The highest BCUT2D eigenvalue weighted by Gasteiger charge is 2.26. The summed E-state index contributed by atoms with van der Waals surface area (Å²) in [4.78, 5) is 14.6. The number of morpholine rings is 1. The van der Waals surface area contributed by atoms with Crippen molar-refractivity contribution in [1.29, 1.82) is 0 Å². The molecule has 1 aliphatic heterocycles. The van der Waals surface area contributed by atoms with Gasteiger partial charge in [0.1, 0.15) is 12.4 Å². The van der Waals surface area contributed by atoms with Crippen molar-refractivity contribution < 1.29 is 14.3 Å². The fourth-order valence-corrected chi connectivity index (χ4v) is 3.23. The predicted octanol–water partition coefficient (Wildman–Crippen LogP) is 4.17. The molecule has 0 saturated carbocycles. The van der Waals surface area contributed by atoms with E-state index in [2.05, 4.69) is 0 Å². The minimum atomic E-state index is 0.0293. The number of nitrogens with zero attached hydrogens (tertiary/aromatic N) is 1. The van der Waals surface area contributed by atoms with Crippen LogP contribution in [0.2, 0.25) is 5.02 Å². The predicted molar refractivity (Wildman–Crippen MR) is 98.1 cm³/mol. The summed E-state index contributed by atoms with van der Waals surface area (Å²) in [7, 11) is 0. The topological polar surface area (TPSA) is 38.8 Å². The normalized spacial score (nSPS) is 20.4. The third kappa shape index (κ3) is 4.53. The Bertz CT molecular complexity index is 739. The number of carbonyl (C=O) groups excluding carboxylic acids is 1. The molecule has 2 aromatic rings. The standard InChI is InChI=1S/C20H22ClNO3/c1-14-11-22(12-15(2)25-14)20(23)17-7-5-6-16(10-17)13-24-19-9-4-3-8-18(19)21/h3-10,14-15H,11-13H2,1-2H3/t14-,15-/m1/s1. The molecular formula is C20H22ClNO3. The highest BCUT2D eigenvalue weighted by Crippen LogP contribution is 2.24. The number of rotatable bonds is 4. The highest BCUT2D eigenvalue weighted by molar-refractivity contribution is 6.32. The molecule has 1 fully saturated rings. The van der Waals surface area contributed by atoms with Gasteiger partial charge in [0.15, 0.2) is 0 Å². The molecule has 1 amide bonds. The molecule has 3 rings (SSSR count). The maximum atomic E-state index is 12.8. The summed E-state index contributed by atoms with van der Waals surface area (Å²) in [6.07, 6.45) is 0.110. The van der Waals surface area contributed by atoms with Crippen molar-refractivity contribution in [1.82, 2.24) is 4.90 Å². The van der Waals surface area contributed by atoms with Gasteiger partial charge in [0, 0.05) is 18.7 Å². The molecular weight excluding hydrogens is 338 g/mol. The van der Waals surface area contributed by atoms with Gasteiger partial charge < -0.3 is 14.4 Å². The zero-order chi connectivity index (χ0) is 17.8. The van der Waals surface area contributed by atoms with E-state index in [4.69, 9.17) is 21.1 Å². The second kappa shape index (κ2) is 7.89. The van der Waals surface area contributed by atoms with Crippen molar-refractivity contribution in [2.45, 2.75) is 32.7 Å². The van der Waals surface area contributed by atoms with E-state index in [1.165, 1.54) is 0 Å². The first-order valence-electron chi connectivity index (χ1n) is 8.44. The van der Waals surface area contributed by atoms with Crippen molar-refractivity contribution in [2.75, 3.05) is 13.1 Å². The number of ether oxygens (including phenoxy) is 2. The monoisotopic (exact) mass is 359 g/mol. The molecule has 2 aromatic carbocycles. The fraction of sp³-hybridized carbons (Fsp3) is 0.350. The van der Waals surface area contributed by atoms with Gasteiger partial charge in [-0.25, -0.2) is 0 Å². The van der Waals surface area contributed by atoms with Crippen molar-refractivity contribution in [3.63, 3.8) is 0 Å². The smallest absolute Gasteiger partial charge is 0.254 e. The molecule has 0 N–H and O–H groups in total. The molecule has 132 valence electrons. The summed E-state index contributed by atoms with van der Waals surface area (Å²) in [6, 6.07) is 14.9. The van der Waals surface area contributed by atoms with Crippen LogP contribution in [0.3, 0.4) is 0 Å². The molecule has 0 bridgehead atoms. The van der Waals surface area contributed by atoms with E-state index in [0.717, 1.165) is 5.56 Å². The third-order valence-corrected chi connectivity index (χ3v) is 4.42. The van der Waals surface area contributed by atoms with E-state index < -0.39 is 0 Å². The van der Waals surface area contributed by atoms with Crippen LogP contribution in [0.1, 0.15) is 29.8 Å². The number of benzene rings is 2. The van der Waals surface area contributed by atoms with Crippen LogP contribution in [0, 0.1) is 0 Å². The van der Waals surface area contributed by atoms with Gasteiger partial charge in [-0.1, -0.05) is 35.9 Å². The first kappa shape index (κ1) is 17.8. The average Bonchev–Trinajstić information content (AvgIpc) is 2.60. The van der Waals surface area contributed by atoms with Gasteiger partial charge in [0.2, 0.25) is 0 Å². The van der Waals surface area contributed by atoms with Crippen molar-refractivity contribution in [3.05, 3.63) is 64.7 Å². The molecule has 0 radical (unpaired) electrons. The molecule has 0 aromatic heterocycles. The largest absolute Gasteiger partial charge is 0.487 e. The highest BCUT2D eigenvalue weighted by atomic mass is 35.5. The summed E-state index contributed by atoms with van der Waals surface area (Å²) in [5, 5.41) is 0.575. The summed E-state index contributed by atoms with van der Waals surface area (Å²) in [6.45, 7) is 5.57. The minimum Gasteiger partial charge on any atom is -0.487 e. The van der Waals surface area contributed by atoms with Crippen LogP contribution in [-0.2, 0) is 11.3 Å². The molecule has 1 saturated heterocycles. The van der Waals surface area contributed by atoms with E-state index in [9.17, 15) is 4.79 Å². The quantitative estimate of drug-likeness (QED) is 0.822. The van der Waals surface area contributed by atoms with Gasteiger partial charge in [0.05, 0.1) is 17.2 Å². The number of amides is 1. The van der Waals surface area contributed by atoms with Crippen LogP contribution in [0.15, 0.2) is 48.5 Å². The summed E-state index contributed by atoms with van der Waals surface area (Å²) in [5.74, 6) is 0.665. The number of hydrogen-bond acceptors (Lipinski definition) is 3. The lowest BCUT2D eigenvalue weighted by Gasteiger charge is -2.35. The zero-order valence-corrected chi connectivity index (χ0v) is 15.2. The van der Waals surface area contributed by atoms with E-state index in [-0.39, 0.29) is 18.1 Å². The van der Waals surface area contributed by atoms with Gasteiger partial charge >= 0.3 is 0 Å². The zero-order valence-electron chi connectivity index (χ0n) is 14.4. The molecule has 5 heteroatoms. The Hall–Kier alpha value is -2.04. The molecule has 0 unspecified atom stereocenters. The summed E-state index contributed by atoms with van der Waals surface area (Å²) in [5.41, 5.74) is 1.60. The van der Waals surface area contributed by atoms with Crippen molar-refractivity contribution in [2.24, 2.45) is 0 Å². The fourth-order valence-electron chi connectivity index (χ4n) is 3.04. The maximum Gasteiger partial charge on any atom is 0.254 e. The third-order valence-electron chi connectivity index (χ3n) is 4.11. The van der Waals surface area contributed by atoms with E-state index in [0.29, 0.717) is 36.0 Å². The first-order valence-corrected chi connectivity index (χ1v) is 8.81. The molecule has 0 spiro atoms. The molecule has 4 nitrogen and oxygen atoms in total. The lowest BCUT2D eigenvalue weighted by molar-refractivity contribution is -0.0586. The Balaban J connectivity index is 1.68. The van der Waals surface area contributed by atoms with Gasteiger partial charge in [-0.3, -0.25) is 4.79 Å². The number of halogens is 1. The van der Waals surface area contributed by atoms with Gasteiger partial charge in [0.25, 0.3) is 5.91 Å². The Morgan fingerprint density at radius 2 is 1.88 bits per heavy atom. The molecule has 2 atom stereocenters. The lowest BCUT2D eigenvalue weighted by Crippen LogP contribution is -2.48. The number of hydrogen-bond donors (Lipinski definition) is 0. The van der Waals surface area contributed by atoms with Crippen LogP contribution in [-0.4, -0.2) is 36.1 Å². The van der Waals surface area contributed by atoms with Gasteiger partial charge in [-0.05, 0) is 43.7 Å². The van der Waals surface area contributed by atoms with E-state index >= 15 is 0 Å². The first-order chi connectivity index (χ1) is 12.0. The number of carbonyl (C=O) groups is 1. The molecule has 25 heavy (non-hydrogen) atoms. The Kier molecular flexibility index (Phi) is 5.61. The SMILES string of the molecule is C[C@@H]1CN(C(=O)c2cccc(COc3ccccc3Cl)c2)C[C@@H](C)O1. The van der Waals surface area contributed by atoms with Crippen molar-refractivity contribution >= 4 is 17.5 Å². The second-order valence-corrected chi connectivity index (χ2v) is 6.79. The second-order valence-electron chi connectivity index (χ2n) is 6.39. The van der Waals surface area contributed by atoms with Crippen LogP contribution in [0.4, 0.5) is 0 Å². The van der Waals surface area contributed by atoms with Crippen LogP contribution in [0.5, 0.6) is 5.75 Å². The number of para-hydroxylation sites is 1. The van der Waals surface area contributed by atoms with E-state index in [1.54, 1.807) is 6.07 Å². The van der Waals surface area contributed by atoms with E-state index in [1.807, 2.05) is 61.2 Å². The Labute approximate surface area is 153 Å². The van der Waals surface area contributed by atoms with Crippen LogP contribution < -0.4 is 4.74 Å². The lowest BCUT2D eigenvalue weighted by atomic mass is 10.1. The maximum absolute atomic E-state index is 12.8. The Morgan fingerprint density at radius 3 is 2.60 bits per heavy atom. The average molecular weight is 360 g/mol. The minimum absolute atomic E-state index is 0.0293. The molecule has 0 aliphatic carbocycles. The summed E-state index contributed by atoms with van der Waals surface area (Å²) < 4.78 is 11.5. The van der Waals surface area contributed by atoms with Gasteiger partial charge in [-0.15, -0.1) is 0 Å². The molecule has 1 heterocycles. The van der Waals surface area contributed by atoms with Crippen LogP contribution >= 0.6 is 11.6 Å². The van der Waals surface area contributed by atoms with Crippen molar-refractivity contribution in [3.8, 4) is 5.75 Å². The summed E-state index contributed by atoms with van der Waals surface area (Å²) >= 11 is 6.10.